The quantitative estimate of drug-likeness (QED) is 0.629. The highest BCUT2D eigenvalue weighted by Gasteiger charge is 2.06. The van der Waals surface area contributed by atoms with Crippen molar-refractivity contribution >= 4 is 23.2 Å². The zero-order chi connectivity index (χ0) is 12.3. The molecule has 0 aliphatic rings. The molecule has 0 saturated heterocycles. The molecule has 0 spiro atoms. The standard InChI is InChI=1S/C12H13N3O2/c1-2-15(12(16)17)14-8-9-7-13-11-6-4-3-5-10(9)11/h3-8,13H,2H2,1H3,(H,16,17). The second-order valence-electron chi connectivity index (χ2n) is 3.53. The third-order valence-corrected chi connectivity index (χ3v) is 2.48. The minimum absolute atomic E-state index is 0.328. The molecule has 17 heavy (non-hydrogen) atoms. The monoisotopic (exact) mass is 231 g/mol. The van der Waals surface area contributed by atoms with Crippen LogP contribution in [0.25, 0.3) is 10.9 Å². The van der Waals surface area contributed by atoms with Gasteiger partial charge < -0.3 is 10.1 Å². The highest BCUT2D eigenvalue weighted by atomic mass is 16.4. The molecular weight excluding hydrogens is 218 g/mol. The molecule has 2 rings (SSSR count). The molecule has 0 radical (unpaired) electrons. The molecule has 1 aromatic heterocycles. The van der Waals surface area contributed by atoms with Gasteiger partial charge in [-0.1, -0.05) is 18.2 Å². The molecule has 0 aliphatic heterocycles. The Hall–Kier alpha value is -2.30. The molecule has 1 aromatic carbocycles. The van der Waals surface area contributed by atoms with Crippen LogP contribution in [-0.4, -0.2) is 34.0 Å². The van der Waals surface area contributed by atoms with Crippen molar-refractivity contribution in [2.45, 2.75) is 6.92 Å². The zero-order valence-electron chi connectivity index (χ0n) is 9.42. The molecule has 2 N–H and O–H groups in total. The van der Waals surface area contributed by atoms with Crippen molar-refractivity contribution in [3.8, 4) is 0 Å². The summed E-state index contributed by atoms with van der Waals surface area (Å²) in [6, 6.07) is 7.79. The van der Waals surface area contributed by atoms with Gasteiger partial charge in [-0.3, -0.25) is 0 Å². The lowest BCUT2D eigenvalue weighted by molar-refractivity contribution is 0.150. The Morgan fingerprint density at radius 1 is 1.53 bits per heavy atom. The van der Waals surface area contributed by atoms with E-state index in [-0.39, 0.29) is 0 Å². The molecule has 0 fully saturated rings. The Morgan fingerprint density at radius 2 is 2.29 bits per heavy atom. The maximum Gasteiger partial charge on any atom is 0.427 e. The van der Waals surface area contributed by atoms with E-state index in [1.165, 1.54) is 0 Å². The van der Waals surface area contributed by atoms with Crippen LogP contribution in [0, 0.1) is 0 Å². The van der Waals surface area contributed by atoms with Gasteiger partial charge in [0.05, 0.1) is 6.21 Å². The number of hydrogen-bond donors (Lipinski definition) is 2. The van der Waals surface area contributed by atoms with Crippen molar-refractivity contribution < 1.29 is 9.90 Å². The van der Waals surface area contributed by atoms with Crippen LogP contribution in [0.4, 0.5) is 4.79 Å². The number of nitrogens with zero attached hydrogens (tertiary/aromatic N) is 2. The largest absolute Gasteiger partial charge is 0.464 e. The maximum absolute atomic E-state index is 10.8. The van der Waals surface area contributed by atoms with Gasteiger partial charge in [-0.05, 0) is 13.0 Å². The summed E-state index contributed by atoms with van der Waals surface area (Å²) < 4.78 is 0. The maximum atomic E-state index is 10.8. The first-order valence-electron chi connectivity index (χ1n) is 5.33. The SMILES string of the molecule is CCN(N=Cc1c[nH]c2ccccc12)C(=O)O. The number of aromatic amines is 1. The number of aromatic nitrogens is 1. The minimum atomic E-state index is -1.05. The number of carbonyl (C=O) groups is 1. The Morgan fingerprint density at radius 3 is 3.00 bits per heavy atom. The summed E-state index contributed by atoms with van der Waals surface area (Å²) in [4.78, 5) is 13.9. The lowest BCUT2D eigenvalue weighted by atomic mass is 10.2. The van der Waals surface area contributed by atoms with Crippen LogP contribution in [0.2, 0.25) is 0 Å². The van der Waals surface area contributed by atoms with E-state index in [0.717, 1.165) is 21.5 Å². The summed E-state index contributed by atoms with van der Waals surface area (Å²) >= 11 is 0. The van der Waals surface area contributed by atoms with E-state index in [4.69, 9.17) is 5.11 Å². The van der Waals surface area contributed by atoms with E-state index in [9.17, 15) is 4.79 Å². The fraction of sp³-hybridized carbons (Fsp3) is 0.167. The van der Waals surface area contributed by atoms with Crippen LogP contribution in [0.1, 0.15) is 12.5 Å². The number of para-hydroxylation sites is 1. The van der Waals surface area contributed by atoms with Gasteiger partial charge in [0.1, 0.15) is 0 Å². The molecule has 0 saturated carbocycles. The normalized spacial score (nSPS) is 11.1. The van der Waals surface area contributed by atoms with Crippen molar-refractivity contribution in [2.24, 2.45) is 5.10 Å². The molecule has 1 heterocycles. The second kappa shape index (κ2) is 4.69. The Labute approximate surface area is 98.4 Å². The molecule has 0 aliphatic carbocycles. The Balaban J connectivity index is 2.29. The number of fused-ring (bicyclic) bond motifs is 1. The predicted octanol–water partition coefficient (Wildman–Crippen LogP) is 2.50. The van der Waals surface area contributed by atoms with E-state index >= 15 is 0 Å². The molecule has 2 aromatic rings. The van der Waals surface area contributed by atoms with Gasteiger partial charge in [-0.2, -0.15) is 10.1 Å². The molecule has 0 unspecified atom stereocenters. The van der Waals surface area contributed by atoms with Crippen LogP contribution in [0.15, 0.2) is 35.6 Å². The van der Waals surface area contributed by atoms with E-state index in [1.807, 2.05) is 30.5 Å². The summed E-state index contributed by atoms with van der Waals surface area (Å²) in [5.74, 6) is 0. The summed E-state index contributed by atoms with van der Waals surface area (Å²) in [6.45, 7) is 2.06. The van der Waals surface area contributed by atoms with Crippen molar-refractivity contribution in [2.75, 3.05) is 6.54 Å². The smallest absolute Gasteiger partial charge is 0.427 e. The molecular formula is C12H13N3O2. The number of carboxylic acid groups (broad SMARTS) is 1. The first-order chi connectivity index (χ1) is 8.22. The number of hydrogen-bond acceptors (Lipinski definition) is 2. The van der Waals surface area contributed by atoms with Gasteiger partial charge in [0.2, 0.25) is 0 Å². The Bertz CT molecular complexity index is 560. The van der Waals surface area contributed by atoms with Crippen LogP contribution in [0.5, 0.6) is 0 Å². The molecule has 5 nitrogen and oxygen atoms in total. The van der Waals surface area contributed by atoms with Crippen LogP contribution in [0.3, 0.4) is 0 Å². The first-order valence-corrected chi connectivity index (χ1v) is 5.33. The lowest BCUT2D eigenvalue weighted by Crippen LogP contribution is -2.23. The fourth-order valence-corrected chi connectivity index (χ4v) is 1.60. The van der Waals surface area contributed by atoms with Gasteiger partial charge in [0.15, 0.2) is 0 Å². The summed E-state index contributed by atoms with van der Waals surface area (Å²) in [5, 5.41) is 14.8. The highest BCUT2D eigenvalue weighted by Crippen LogP contribution is 2.15. The topological polar surface area (TPSA) is 68.7 Å². The first kappa shape index (κ1) is 11.2. The van der Waals surface area contributed by atoms with Gasteiger partial charge in [-0.15, -0.1) is 0 Å². The van der Waals surface area contributed by atoms with Crippen molar-refractivity contribution in [1.29, 1.82) is 0 Å². The van der Waals surface area contributed by atoms with Crippen molar-refractivity contribution in [1.82, 2.24) is 9.99 Å². The van der Waals surface area contributed by atoms with Crippen molar-refractivity contribution in [3.63, 3.8) is 0 Å². The average molecular weight is 231 g/mol. The van der Waals surface area contributed by atoms with E-state index in [0.29, 0.717) is 6.54 Å². The van der Waals surface area contributed by atoms with Crippen LogP contribution >= 0.6 is 0 Å². The van der Waals surface area contributed by atoms with E-state index in [2.05, 4.69) is 10.1 Å². The van der Waals surface area contributed by atoms with Crippen LogP contribution in [-0.2, 0) is 0 Å². The van der Waals surface area contributed by atoms with Crippen molar-refractivity contribution in [3.05, 3.63) is 36.0 Å². The third-order valence-electron chi connectivity index (χ3n) is 2.48. The van der Waals surface area contributed by atoms with E-state index < -0.39 is 6.09 Å². The minimum Gasteiger partial charge on any atom is -0.464 e. The van der Waals surface area contributed by atoms with Gasteiger partial charge in [0, 0.05) is 29.2 Å². The van der Waals surface area contributed by atoms with Gasteiger partial charge >= 0.3 is 6.09 Å². The molecule has 88 valence electrons. The number of benzene rings is 1. The number of hydrazone groups is 1. The lowest BCUT2D eigenvalue weighted by Gasteiger charge is -2.08. The zero-order valence-corrected chi connectivity index (χ0v) is 9.42. The Kier molecular flexibility index (Phi) is 3.09. The highest BCUT2D eigenvalue weighted by molar-refractivity contribution is 5.99. The van der Waals surface area contributed by atoms with E-state index in [1.54, 1.807) is 13.1 Å². The summed E-state index contributed by atoms with van der Waals surface area (Å²) in [7, 11) is 0. The molecule has 1 amide bonds. The molecule has 0 atom stereocenters. The third kappa shape index (κ3) is 2.28. The number of nitrogens with one attached hydrogen (secondary N) is 1. The average Bonchev–Trinajstić information content (AvgIpc) is 2.73. The number of H-pyrrole nitrogens is 1. The summed E-state index contributed by atoms with van der Waals surface area (Å²) in [5.41, 5.74) is 1.88. The second-order valence-corrected chi connectivity index (χ2v) is 3.53. The number of rotatable bonds is 3. The number of amides is 1. The molecule has 0 bridgehead atoms. The van der Waals surface area contributed by atoms with Crippen LogP contribution < -0.4 is 0 Å². The molecule has 5 heteroatoms. The fourth-order valence-electron chi connectivity index (χ4n) is 1.60. The van der Waals surface area contributed by atoms with Gasteiger partial charge in [0.25, 0.3) is 0 Å². The summed E-state index contributed by atoms with van der Waals surface area (Å²) in [6.07, 6.45) is 2.31. The van der Waals surface area contributed by atoms with Gasteiger partial charge in [-0.25, -0.2) is 4.79 Å². The predicted molar refractivity (Wildman–Crippen MR) is 66.3 cm³/mol.